The number of nitrogens with one attached hydrogen (secondary N) is 2. The minimum absolute atomic E-state index is 0.0737. The molecule has 2 N–H and O–H groups in total. The Morgan fingerprint density at radius 3 is 2.54 bits per heavy atom. The Balaban J connectivity index is 1.54. The largest absolute Gasteiger partial charge is 0.417 e. The third-order valence-electron chi connectivity index (χ3n) is 6.25. The van der Waals surface area contributed by atoms with Crippen molar-refractivity contribution < 1.29 is 22.4 Å². The Hall–Kier alpha value is -5.14. The van der Waals surface area contributed by atoms with Gasteiger partial charge in [-0.25, -0.2) is 24.3 Å². The topological polar surface area (TPSA) is 123 Å². The third kappa shape index (κ3) is 5.62. The number of benzene rings is 2. The number of aromatic nitrogens is 7. The average Bonchev–Trinajstić information content (AvgIpc) is 3.53. The number of halogens is 4. The molecule has 0 saturated carbocycles. The number of rotatable bonds is 7. The molecular formula is C27H22F4N8O2. The van der Waals surface area contributed by atoms with Crippen molar-refractivity contribution in [3.8, 4) is 22.5 Å². The highest BCUT2D eigenvalue weighted by Gasteiger charge is 2.36. The molecule has 0 unspecified atom stereocenters. The van der Waals surface area contributed by atoms with Crippen LogP contribution in [-0.2, 0) is 26.2 Å². The summed E-state index contributed by atoms with van der Waals surface area (Å²) in [5.74, 6) is -1.67. The average molecular weight is 567 g/mol. The Bertz CT molecular complexity index is 1790. The maximum Gasteiger partial charge on any atom is 0.417 e. The van der Waals surface area contributed by atoms with Crippen LogP contribution in [0.4, 0.5) is 23.2 Å². The number of carbonyl (C=O) groups excluding carboxylic acids is 1. The van der Waals surface area contributed by atoms with E-state index in [1.54, 1.807) is 37.3 Å². The second-order valence-electron chi connectivity index (χ2n) is 8.98. The summed E-state index contributed by atoms with van der Waals surface area (Å²) in [5.41, 5.74) is -1.81. The van der Waals surface area contributed by atoms with Crippen molar-refractivity contribution in [2.24, 2.45) is 7.05 Å². The number of H-pyrrole nitrogens is 1. The molecule has 5 aromatic rings. The molecule has 0 aliphatic heterocycles. The molecule has 10 nitrogen and oxygen atoms in total. The normalized spacial score (nSPS) is 11.6. The van der Waals surface area contributed by atoms with E-state index in [2.05, 4.69) is 30.6 Å². The van der Waals surface area contributed by atoms with Crippen LogP contribution in [0, 0.1) is 5.82 Å². The molecule has 5 rings (SSSR count). The Morgan fingerprint density at radius 2 is 1.88 bits per heavy atom. The summed E-state index contributed by atoms with van der Waals surface area (Å²) >= 11 is 0. The first kappa shape index (κ1) is 27.4. The summed E-state index contributed by atoms with van der Waals surface area (Å²) in [5, 5.41) is 12.9. The highest BCUT2D eigenvalue weighted by atomic mass is 19.4. The molecule has 3 heterocycles. The molecule has 0 bridgehead atoms. The molecule has 210 valence electrons. The van der Waals surface area contributed by atoms with Crippen LogP contribution in [0.1, 0.15) is 34.5 Å². The molecule has 0 radical (unpaired) electrons. The van der Waals surface area contributed by atoms with Gasteiger partial charge >= 0.3 is 11.9 Å². The van der Waals surface area contributed by atoms with Gasteiger partial charge < -0.3 is 5.32 Å². The van der Waals surface area contributed by atoms with Gasteiger partial charge in [-0.05, 0) is 25.1 Å². The van der Waals surface area contributed by atoms with Crippen molar-refractivity contribution >= 4 is 11.6 Å². The number of nitrogens with zero attached hydrogens (tertiary/aromatic N) is 6. The van der Waals surface area contributed by atoms with Crippen LogP contribution in [-0.4, -0.2) is 40.4 Å². The minimum atomic E-state index is -4.88. The van der Waals surface area contributed by atoms with Gasteiger partial charge in [0.25, 0.3) is 5.91 Å². The molecule has 0 saturated heterocycles. The zero-order chi connectivity index (χ0) is 29.3. The number of hydrogen-bond donors (Lipinski definition) is 2. The van der Waals surface area contributed by atoms with E-state index in [1.807, 2.05) is 0 Å². The van der Waals surface area contributed by atoms with Gasteiger partial charge in [-0.15, -0.1) is 0 Å². The van der Waals surface area contributed by atoms with E-state index < -0.39 is 34.6 Å². The van der Waals surface area contributed by atoms with Crippen LogP contribution >= 0.6 is 0 Å². The molecule has 2 aromatic carbocycles. The second kappa shape index (κ2) is 10.8. The van der Waals surface area contributed by atoms with Crippen LogP contribution in [0.15, 0.2) is 65.7 Å². The first-order valence-electron chi connectivity index (χ1n) is 12.3. The lowest BCUT2D eigenvalue weighted by Gasteiger charge is -2.15. The van der Waals surface area contributed by atoms with E-state index in [9.17, 15) is 27.2 Å². The van der Waals surface area contributed by atoms with Gasteiger partial charge in [0.05, 0.1) is 40.8 Å². The summed E-state index contributed by atoms with van der Waals surface area (Å²) in [7, 11) is 1.52. The number of hydrogen-bond acceptors (Lipinski definition) is 6. The number of anilines is 1. The van der Waals surface area contributed by atoms with Crippen LogP contribution in [0.25, 0.3) is 22.5 Å². The summed E-state index contributed by atoms with van der Waals surface area (Å²) in [6.07, 6.45) is -2.04. The van der Waals surface area contributed by atoms with E-state index in [4.69, 9.17) is 0 Å². The van der Waals surface area contributed by atoms with E-state index in [0.717, 1.165) is 6.07 Å². The number of aryl methyl sites for hydroxylation is 1. The predicted molar refractivity (Wildman–Crippen MR) is 140 cm³/mol. The van der Waals surface area contributed by atoms with Crippen molar-refractivity contribution in [1.29, 1.82) is 0 Å². The minimum Gasteiger partial charge on any atom is -0.319 e. The smallest absolute Gasteiger partial charge is 0.319 e. The lowest BCUT2D eigenvalue weighted by atomic mass is 9.99. The van der Waals surface area contributed by atoms with Crippen molar-refractivity contribution in [1.82, 2.24) is 34.5 Å². The van der Waals surface area contributed by atoms with Gasteiger partial charge in [0.1, 0.15) is 17.5 Å². The lowest BCUT2D eigenvalue weighted by Crippen LogP contribution is -2.19. The quantitative estimate of drug-likeness (QED) is 0.281. The predicted octanol–water partition coefficient (Wildman–Crippen LogP) is 4.45. The molecule has 0 spiro atoms. The first-order chi connectivity index (χ1) is 19.5. The van der Waals surface area contributed by atoms with Crippen LogP contribution in [0.3, 0.4) is 0 Å². The molecule has 14 heteroatoms. The van der Waals surface area contributed by atoms with E-state index in [-0.39, 0.29) is 41.1 Å². The summed E-state index contributed by atoms with van der Waals surface area (Å²) in [6, 6.07) is 11.2. The molecule has 0 aliphatic rings. The highest BCUT2D eigenvalue weighted by Crippen LogP contribution is 2.38. The van der Waals surface area contributed by atoms with Crippen LogP contribution in [0.5, 0.6) is 0 Å². The molecular weight excluding hydrogens is 544 g/mol. The summed E-state index contributed by atoms with van der Waals surface area (Å²) < 4.78 is 58.9. The Labute approximate surface area is 229 Å². The molecule has 1 amide bonds. The summed E-state index contributed by atoms with van der Waals surface area (Å²) in [6.45, 7) is 2.17. The fraction of sp³-hybridized carbons (Fsp3) is 0.185. The summed E-state index contributed by atoms with van der Waals surface area (Å²) in [4.78, 5) is 34.0. The second-order valence-corrected chi connectivity index (χ2v) is 8.98. The van der Waals surface area contributed by atoms with Crippen molar-refractivity contribution in [2.75, 3.05) is 5.32 Å². The SMILES string of the molecule is CCn1c(Cc2ncc(NC(=O)c3cc(-c4ccn(C)n4)c(C(F)(F)F)cc3F)c(-c3ccccc3)n2)n[nH]c1=O. The van der Waals surface area contributed by atoms with Gasteiger partial charge in [0.2, 0.25) is 0 Å². The standard InChI is InChI=1S/C27H22F4N8O2/c1-3-39-23(35-36-26(39)41)13-22-32-14-21(24(34-22)15-7-5-4-6-8-15)33-25(40)17-11-16(20-9-10-38(2)37-20)18(12-19(17)28)27(29,30)31/h4-12,14H,3,13H2,1-2H3,(H,33,40)(H,36,41). The van der Waals surface area contributed by atoms with Crippen molar-refractivity contribution in [3.63, 3.8) is 0 Å². The first-order valence-corrected chi connectivity index (χ1v) is 12.3. The van der Waals surface area contributed by atoms with Crippen molar-refractivity contribution in [3.05, 3.63) is 100 Å². The highest BCUT2D eigenvalue weighted by molar-refractivity contribution is 6.06. The fourth-order valence-electron chi connectivity index (χ4n) is 4.31. The van der Waals surface area contributed by atoms with E-state index in [1.165, 1.54) is 34.8 Å². The molecule has 0 atom stereocenters. The monoisotopic (exact) mass is 566 g/mol. The Kier molecular flexibility index (Phi) is 7.22. The van der Waals surface area contributed by atoms with Gasteiger partial charge in [0.15, 0.2) is 0 Å². The van der Waals surface area contributed by atoms with Crippen LogP contribution < -0.4 is 11.0 Å². The maximum atomic E-state index is 15.0. The van der Waals surface area contributed by atoms with Crippen molar-refractivity contribution in [2.45, 2.75) is 26.1 Å². The lowest BCUT2D eigenvalue weighted by molar-refractivity contribution is -0.137. The van der Waals surface area contributed by atoms with Gasteiger partial charge in [-0.3, -0.25) is 14.0 Å². The molecule has 3 aromatic heterocycles. The third-order valence-corrected chi connectivity index (χ3v) is 6.25. The van der Waals surface area contributed by atoms with Gasteiger partial charge in [-0.2, -0.15) is 23.4 Å². The number of carbonyl (C=O) groups is 1. The zero-order valence-corrected chi connectivity index (χ0v) is 21.7. The van der Waals surface area contributed by atoms with E-state index in [0.29, 0.717) is 17.9 Å². The van der Waals surface area contributed by atoms with Crippen LogP contribution in [0.2, 0.25) is 0 Å². The molecule has 0 fully saturated rings. The van der Waals surface area contributed by atoms with Gasteiger partial charge in [-0.1, -0.05) is 30.3 Å². The molecule has 0 aliphatic carbocycles. The van der Waals surface area contributed by atoms with Gasteiger partial charge in [0, 0.05) is 30.9 Å². The fourth-order valence-corrected chi connectivity index (χ4v) is 4.31. The number of amides is 1. The maximum absolute atomic E-state index is 15.0. The Morgan fingerprint density at radius 1 is 1.12 bits per heavy atom. The van der Waals surface area contributed by atoms with E-state index >= 15 is 0 Å². The zero-order valence-electron chi connectivity index (χ0n) is 21.7. The number of aromatic amines is 1. The molecule has 41 heavy (non-hydrogen) atoms. The number of alkyl halides is 3.